The van der Waals surface area contributed by atoms with Crippen LogP contribution < -0.4 is 10.5 Å². The van der Waals surface area contributed by atoms with Gasteiger partial charge in [-0.2, -0.15) is 0 Å². The van der Waals surface area contributed by atoms with Gasteiger partial charge in [-0.1, -0.05) is 38.8 Å². The van der Waals surface area contributed by atoms with Gasteiger partial charge in [-0.05, 0) is 48.9 Å². The highest BCUT2D eigenvalue weighted by Crippen LogP contribution is 2.19. The summed E-state index contributed by atoms with van der Waals surface area (Å²) < 4.78 is 5.70. The molecule has 114 valence electrons. The number of hydrogen-bond donors (Lipinski definition) is 2. The van der Waals surface area contributed by atoms with Crippen LogP contribution in [0.5, 0.6) is 5.75 Å². The Bertz CT molecular complexity index is 347. The van der Waals surface area contributed by atoms with E-state index in [1.54, 1.807) is 0 Å². The molecule has 0 amide bonds. The summed E-state index contributed by atoms with van der Waals surface area (Å²) in [6.45, 7) is 5.83. The van der Waals surface area contributed by atoms with Crippen LogP contribution in [0.1, 0.15) is 38.7 Å². The number of nitrogens with two attached hydrogens (primary N) is 1. The summed E-state index contributed by atoms with van der Waals surface area (Å²) in [4.78, 5) is 0. The van der Waals surface area contributed by atoms with E-state index in [1.165, 1.54) is 18.4 Å². The second kappa shape index (κ2) is 9.78. The number of rotatable bonds is 10. The van der Waals surface area contributed by atoms with Crippen LogP contribution in [0.4, 0.5) is 0 Å². The van der Waals surface area contributed by atoms with Crippen molar-refractivity contribution in [3.63, 3.8) is 0 Å². The minimum Gasteiger partial charge on any atom is -0.494 e. The molecule has 3 heteroatoms. The molecule has 0 aliphatic carbocycles. The van der Waals surface area contributed by atoms with Crippen molar-refractivity contribution < 1.29 is 9.84 Å². The minimum atomic E-state index is 0.163. The molecule has 20 heavy (non-hydrogen) atoms. The fourth-order valence-corrected chi connectivity index (χ4v) is 2.29. The lowest BCUT2D eigenvalue weighted by atomic mass is 9.89. The van der Waals surface area contributed by atoms with Gasteiger partial charge in [0.1, 0.15) is 5.75 Å². The predicted octanol–water partition coefficient (Wildman–Crippen LogP) is 3.00. The molecule has 0 aromatic heterocycles. The van der Waals surface area contributed by atoms with E-state index in [-0.39, 0.29) is 12.5 Å². The standard InChI is InChI=1S/C17H29NO2/c1-3-4-5-10-20-17-8-6-15(7-9-17)11-14(2)16(12-18)13-19/h6-9,14,16,19H,3-5,10-13,18H2,1-2H3. The third-order valence-corrected chi connectivity index (χ3v) is 3.84. The largest absolute Gasteiger partial charge is 0.494 e. The molecule has 0 aliphatic heterocycles. The molecule has 0 saturated carbocycles. The Balaban J connectivity index is 2.41. The topological polar surface area (TPSA) is 55.5 Å². The van der Waals surface area contributed by atoms with Gasteiger partial charge < -0.3 is 15.6 Å². The van der Waals surface area contributed by atoms with Gasteiger partial charge in [-0.25, -0.2) is 0 Å². The van der Waals surface area contributed by atoms with Crippen LogP contribution in [-0.4, -0.2) is 24.9 Å². The first-order valence-electron chi connectivity index (χ1n) is 7.73. The van der Waals surface area contributed by atoms with Crippen LogP contribution in [0.3, 0.4) is 0 Å². The van der Waals surface area contributed by atoms with Crippen molar-refractivity contribution in [3.8, 4) is 5.75 Å². The molecule has 0 fully saturated rings. The summed E-state index contributed by atoms with van der Waals surface area (Å²) >= 11 is 0. The van der Waals surface area contributed by atoms with Gasteiger partial charge in [-0.3, -0.25) is 0 Å². The Hall–Kier alpha value is -1.06. The van der Waals surface area contributed by atoms with Crippen LogP contribution in [0.2, 0.25) is 0 Å². The zero-order valence-corrected chi connectivity index (χ0v) is 12.8. The molecule has 2 unspecified atom stereocenters. The maximum Gasteiger partial charge on any atom is 0.119 e. The van der Waals surface area contributed by atoms with Crippen LogP contribution in [0.15, 0.2) is 24.3 Å². The Morgan fingerprint density at radius 2 is 1.90 bits per heavy atom. The predicted molar refractivity (Wildman–Crippen MR) is 84.0 cm³/mol. The number of benzene rings is 1. The lowest BCUT2D eigenvalue weighted by molar-refractivity contribution is 0.187. The molecule has 3 nitrogen and oxygen atoms in total. The molecule has 0 radical (unpaired) electrons. The first-order valence-corrected chi connectivity index (χ1v) is 7.73. The van der Waals surface area contributed by atoms with Crippen molar-refractivity contribution in [2.75, 3.05) is 19.8 Å². The molecule has 1 aromatic rings. The van der Waals surface area contributed by atoms with Crippen molar-refractivity contribution in [3.05, 3.63) is 29.8 Å². The average molecular weight is 279 g/mol. The van der Waals surface area contributed by atoms with Gasteiger partial charge >= 0.3 is 0 Å². The summed E-state index contributed by atoms with van der Waals surface area (Å²) in [6, 6.07) is 8.28. The zero-order chi connectivity index (χ0) is 14.8. The first-order chi connectivity index (χ1) is 9.71. The number of aliphatic hydroxyl groups is 1. The number of aliphatic hydroxyl groups excluding tert-OH is 1. The van der Waals surface area contributed by atoms with Gasteiger partial charge in [-0.15, -0.1) is 0 Å². The van der Waals surface area contributed by atoms with E-state index in [1.807, 2.05) is 12.1 Å². The molecule has 0 aliphatic rings. The fraction of sp³-hybridized carbons (Fsp3) is 0.647. The van der Waals surface area contributed by atoms with Crippen LogP contribution in [0.25, 0.3) is 0 Å². The molecular formula is C17H29NO2. The molecule has 1 aromatic carbocycles. The second-order valence-electron chi connectivity index (χ2n) is 5.56. The Labute approximate surface area is 123 Å². The molecule has 0 spiro atoms. The molecular weight excluding hydrogens is 250 g/mol. The Morgan fingerprint density at radius 1 is 1.20 bits per heavy atom. The summed E-state index contributed by atoms with van der Waals surface area (Å²) in [5, 5.41) is 9.26. The number of hydrogen-bond acceptors (Lipinski definition) is 3. The zero-order valence-electron chi connectivity index (χ0n) is 12.8. The van der Waals surface area contributed by atoms with Crippen LogP contribution in [0, 0.1) is 11.8 Å². The van der Waals surface area contributed by atoms with E-state index in [0.717, 1.165) is 25.2 Å². The van der Waals surface area contributed by atoms with Crippen LogP contribution >= 0.6 is 0 Å². The minimum absolute atomic E-state index is 0.163. The van der Waals surface area contributed by atoms with Crippen molar-refractivity contribution in [2.45, 2.75) is 39.5 Å². The van der Waals surface area contributed by atoms with Crippen molar-refractivity contribution in [1.29, 1.82) is 0 Å². The Morgan fingerprint density at radius 3 is 2.45 bits per heavy atom. The maximum atomic E-state index is 9.26. The average Bonchev–Trinajstić information content (AvgIpc) is 2.46. The molecule has 3 N–H and O–H groups in total. The Kier molecular flexibility index (Phi) is 8.31. The monoisotopic (exact) mass is 279 g/mol. The van der Waals surface area contributed by atoms with Gasteiger partial charge in [0.15, 0.2) is 0 Å². The van der Waals surface area contributed by atoms with E-state index in [9.17, 15) is 5.11 Å². The quantitative estimate of drug-likeness (QED) is 0.647. The van der Waals surface area contributed by atoms with Crippen molar-refractivity contribution in [1.82, 2.24) is 0 Å². The van der Waals surface area contributed by atoms with Gasteiger partial charge in [0.25, 0.3) is 0 Å². The van der Waals surface area contributed by atoms with E-state index < -0.39 is 0 Å². The third-order valence-electron chi connectivity index (χ3n) is 3.84. The number of unbranched alkanes of at least 4 members (excludes halogenated alkanes) is 2. The number of ether oxygens (including phenoxy) is 1. The molecule has 1 rings (SSSR count). The van der Waals surface area contributed by atoms with Crippen molar-refractivity contribution >= 4 is 0 Å². The van der Waals surface area contributed by atoms with Gasteiger partial charge in [0.2, 0.25) is 0 Å². The first kappa shape index (κ1) is 17.0. The van der Waals surface area contributed by atoms with E-state index in [2.05, 4.69) is 26.0 Å². The molecule has 0 bridgehead atoms. The smallest absolute Gasteiger partial charge is 0.119 e. The van der Waals surface area contributed by atoms with E-state index >= 15 is 0 Å². The normalized spacial score (nSPS) is 14.0. The van der Waals surface area contributed by atoms with Crippen molar-refractivity contribution in [2.24, 2.45) is 17.6 Å². The summed E-state index contributed by atoms with van der Waals surface area (Å²) in [5.74, 6) is 1.51. The van der Waals surface area contributed by atoms with Gasteiger partial charge in [0.05, 0.1) is 6.61 Å². The van der Waals surface area contributed by atoms with Crippen LogP contribution in [-0.2, 0) is 6.42 Å². The maximum absolute atomic E-state index is 9.26. The lowest BCUT2D eigenvalue weighted by Crippen LogP contribution is -2.26. The molecule has 2 atom stereocenters. The highest BCUT2D eigenvalue weighted by Gasteiger charge is 2.15. The highest BCUT2D eigenvalue weighted by atomic mass is 16.5. The highest BCUT2D eigenvalue weighted by molar-refractivity contribution is 5.27. The van der Waals surface area contributed by atoms with E-state index in [0.29, 0.717) is 12.5 Å². The van der Waals surface area contributed by atoms with E-state index in [4.69, 9.17) is 10.5 Å². The summed E-state index contributed by atoms with van der Waals surface area (Å²) in [5.41, 5.74) is 6.93. The molecule has 0 heterocycles. The second-order valence-corrected chi connectivity index (χ2v) is 5.56. The summed E-state index contributed by atoms with van der Waals surface area (Å²) in [6.07, 6.45) is 4.49. The van der Waals surface area contributed by atoms with Gasteiger partial charge in [0, 0.05) is 6.61 Å². The summed E-state index contributed by atoms with van der Waals surface area (Å²) in [7, 11) is 0. The lowest BCUT2D eigenvalue weighted by Gasteiger charge is -2.20. The third kappa shape index (κ3) is 5.93. The SMILES string of the molecule is CCCCCOc1ccc(CC(C)C(CN)CO)cc1. The molecule has 0 saturated heterocycles. The fourth-order valence-electron chi connectivity index (χ4n) is 2.29.